The minimum Gasteiger partial charge on any atom is -0.377 e. The van der Waals surface area contributed by atoms with Crippen molar-refractivity contribution in [3.05, 3.63) is 4.60 Å². The summed E-state index contributed by atoms with van der Waals surface area (Å²) in [6, 6.07) is 0. The van der Waals surface area contributed by atoms with Crippen LogP contribution in [0.1, 0.15) is 19.3 Å². The number of rotatable bonds is 4. The maximum absolute atomic E-state index is 12.1. The number of hydrogen-bond acceptors (Lipinski definition) is 5. The number of nitrogens with zero attached hydrogens (tertiary/aromatic N) is 3. The van der Waals surface area contributed by atoms with E-state index in [1.807, 2.05) is 0 Å². The smallest absolute Gasteiger partial charge is 0.260 e. The molecule has 0 bridgehead atoms. The van der Waals surface area contributed by atoms with Crippen molar-refractivity contribution in [1.29, 1.82) is 0 Å². The average Bonchev–Trinajstić information content (AvgIpc) is 2.69. The highest BCUT2D eigenvalue weighted by Crippen LogP contribution is 2.18. The molecule has 1 aromatic heterocycles. The Hall–Kier alpha value is -0.510. The quantitative estimate of drug-likeness (QED) is 0.860. The van der Waals surface area contributed by atoms with Crippen LogP contribution < -0.4 is 4.72 Å². The summed E-state index contributed by atoms with van der Waals surface area (Å²) in [5.74, 6) is 0. The standard InChI is InChI=1S/C9H15BrN4O3S/c1-14-9(8(10)12-13-14)18(15,16)11-6-7-4-2-3-5-17-7/h7,11H,2-6H2,1H3. The lowest BCUT2D eigenvalue weighted by atomic mass is 10.1. The minimum atomic E-state index is -3.62. The molecule has 1 saturated heterocycles. The number of halogens is 1. The molecule has 1 unspecified atom stereocenters. The Morgan fingerprint density at radius 2 is 2.33 bits per heavy atom. The van der Waals surface area contributed by atoms with Crippen LogP contribution in [0.2, 0.25) is 0 Å². The fraction of sp³-hybridized carbons (Fsp3) is 0.778. The Morgan fingerprint density at radius 3 is 2.89 bits per heavy atom. The zero-order valence-electron chi connectivity index (χ0n) is 9.97. The van der Waals surface area contributed by atoms with Crippen molar-refractivity contribution >= 4 is 26.0 Å². The molecule has 0 amide bonds. The first-order chi connectivity index (χ1) is 8.50. The first-order valence-electron chi connectivity index (χ1n) is 5.67. The maximum atomic E-state index is 12.1. The molecular formula is C9H15BrN4O3S. The number of hydrogen-bond donors (Lipinski definition) is 1. The van der Waals surface area contributed by atoms with E-state index >= 15 is 0 Å². The molecule has 102 valence electrons. The molecular weight excluding hydrogens is 324 g/mol. The van der Waals surface area contributed by atoms with Gasteiger partial charge >= 0.3 is 0 Å². The number of nitrogens with one attached hydrogen (secondary N) is 1. The fourth-order valence-electron chi connectivity index (χ4n) is 1.85. The van der Waals surface area contributed by atoms with Crippen LogP contribution >= 0.6 is 15.9 Å². The van der Waals surface area contributed by atoms with Crippen molar-refractivity contribution in [1.82, 2.24) is 19.7 Å². The first-order valence-corrected chi connectivity index (χ1v) is 7.95. The second kappa shape index (κ2) is 5.64. The van der Waals surface area contributed by atoms with E-state index in [4.69, 9.17) is 4.74 Å². The van der Waals surface area contributed by atoms with E-state index in [1.165, 1.54) is 11.7 Å². The summed E-state index contributed by atoms with van der Waals surface area (Å²) in [7, 11) is -2.09. The molecule has 1 N–H and O–H groups in total. The minimum absolute atomic E-state index is 0.0262. The zero-order chi connectivity index (χ0) is 13.2. The van der Waals surface area contributed by atoms with Gasteiger partial charge < -0.3 is 4.74 Å². The van der Waals surface area contributed by atoms with Crippen LogP contribution in [0.25, 0.3) is 0 Å². The predicted molar refractivity (Wildman–Crippen MR) is 67.5 cm³/mol. The predicted octanol–water partition coefficient (Wildman–Crippen LogP) is 0.425. The van der Waals surface area contributed by atoms with Crippen molar-refractivity contribution in [3.8, 4) is 0 Å². The van der Waals surface area contributed by atoms with E-state index < -0.39 is 10.0 Å². The molecule has 0 spiro atoms. The van der Waals surface area contributed by atoms with Gasteiger partial charge in [0, 0.05) is 20.2 Å². The number of aromatic nitrogens is 3. The molecule has 7 nitrogen and oxygen atoms in total. The Bertz CT molecular complexity index is 490. The largest absolute Gasteiger partial charge is 0.377 e. The van der Waals surface area contributed by atoms with Gasteiger partial charge in [0.25, 0.3) is 10.0 Å². The summed E-state index contributed by atoms with van der Waals surface area (Å²) >= 11 is 3.07. The molecule has 1 aliphatic rings. The molecule has 0 aromatic carbocycles. The van der Waals surface area contributed by atoms with Crippen molar-refractivity contribution in [3.63, 3.8) is 0 Å². The second-order valence-electron chi connectivity index (χ2n) is 4.15. The van der Waals surface area contributed by atoms with Gasteiger partial charge in [0.15, 0.2) is 4.60 Å². The van der Waals surface area contributed by atoms with Crippen molar-refractivity contribution in [2.45, 2.75) is 30.4 Å². The molecule has 1 aliphatic heterocycles. The van der Waals surface area contributed by atoms with Gasteiger partial charge in [-0.3, -0.25) is 0 Å². The molecule has 1 aromatic rings. The third-order valence-electron chi connectivity index (χ3n) is 2.77. The summed E-state index contributed by atoms with van der Waals surface area (Å²) in [5, 5.41) is 7.33. The lowest BCUT2D eigenvalue weighted by Gasteiger charge is -2.22. The first kappa shape index (κ1) is 13.9. The Kier molecular flexibility index (Phi) is 4.36. The molecule has 2 rings (SSSR count). The molecule has 18 heavy (non-hydrogen) atoms. The van der Waals surface area contributed by atoms with Gasteiger partial charge in [-0.15, -0.1) is 5.10 Å². The third kappa shape index (κ3) is 3.08. The van der Waals surface area contributed by atoms with Crippen LogP contribution in [0.5, 0.6) is 0 Å². The van der Waals surface area contributed by atoms with Gasteiger partial charge in [0.2, 0.25) is 5.03 Å². The zero-order valence-corrected chi connectivity index (χ0v) is 12.4. The van der Waals surface area contributed by atoms with Crippen molar-refractivity contribution < 1.29 is 13.2 Å². The summed E-state index contributed by atoms with van der Waals surface area (Å²) in [4.78, 5) is 0. The van der Waals surface area contributed by atoms with Crippen LogP contribution in [-0.2, 0) is 21.8 Å². The van der Waals surface area contributed by atoms with Gasteiger partial charge in [-0.1, -0.05) is 5.21 Å². The Morgan fingerprint density at radius 1 is 1.56 bits per heavy atom. The third-order valence-corrected chi connectivity index (χ3v) is 5.08. The lowest BCUT2D eigenvalue weighted by Crippen LogP contribution is -2.36. The van der Waals surface area contributed by atoms with Gasteiger partial charge in [-0.2, -0.15) is 0 Å². The van der Waals surface area contributed by atoms with Crippen LogP contribution in [0.4, 0.5) is 0 Å². The summed E-state index contributed by atoms with van der Waals surface area (Å²) in [6.07, 6.45) is 2.95. The van der Waals surface area contributed by atoms with Gasteiger partial charge in [-0.05, 0) is 35.2 Å². The fourth-order valence-corrected chi connectivity index (χ4v) is 4.00. The Balaban J connectivity index is 2.03. The topological polar surface area (TPSA) is 86.1 Å². The van der Waals surface area contributed by atoms with Gasteiger partial charge in [-0.25, -0.2) is 17.8 Å². The SMILES string of the molecule is Cn1nnc(Br)c1S(=O)(=O)NCC1CCCCO1. The van der Waals surface area contributed by atoms with E-state index in [2.05, 4.69) is 31.0 Å². The number of sulfonamides is 1. The highest BCUT2D eigenvalue weighted by Gasteiger charge is 2.25. The molecule has 1 atom stereocenters. The summed E-state index contributed by atoms with van der Waals surface area (Å²) in [5.41, 5.74) is 0. The van der Waals surface area contributed by atoms with Crippen molar-refractivity contribution in [2.24, 2.45) is 7.05 Å². The van der Waals surface area contributed by atoms with E-state index in [-0.39, 0.29) is 22.3 Å². The summed E-state index contributed by atoms with van der Waals surface area (Å²) < 4.78 is 33.6. The molecule has 2 heterocycles. The van der Waals surface area contributed by atoms with Crippen LogP contribution in [0.3, 0.4) is 0 Å². The average molecular weight is 339 g/mol. The van der Waals surface area contributed by atoms with Crippen molar-refractivity contribution in [2.75, 3.05) is 13.2 Å². The van der Waals surface area contributed by atoms with Gasteiger partial charge in [0.1, 0.15) is 0 Å². The van der Waals surface area contributed by atoms with E-state index in [0.29, 0.717) is 6.61 Å². The monoisotopic (exact) mass is 338 g/mol. The number of aryl methyl sites for hydroxylation is 1. The maximum Gasteiger partial charge on any atom is 0.260 e. The second-order valence-corrected chi connectivity index (χ2v) is 6.58. The van der Waals surface area contributed by atoms with E-state index in [9.17, 15) is 8.42 Å². The highest BCUT2D eigenvalue weighted by atomic mass is 79.9. The normalized spacial score (nSPS) is 21.1. The highest BCUT2D eigenvalue weighted by molar-refractivity contribution is 9.10. The van der Waals surface area contributed by atoms with Crippen LogP contribution in [-0.4, -0.2) is 42.7 Å². The van der Waals surface area contributed by atoms with Crippen LogP contribution in [0.15, 0.2) is 9.63 Å². The Labute approximate surface area is 114 Å². The lowest BCUT2D eigenvalue weighted by molar-refractivity contribution is 0.0200. The molecule has 0 aliphatic carbocycles. The molecule has 1 fully saturated rings. The number of ether oxygens (including phenoxy) is 1. The van der Waals surface area contributed by atoms with E-state index in [0.717, 1.165) is 19.3 Å². The van der Waals surface area contributed by atoms with Gasteiger partial charge in [0.05, 0.1) is 6.10 Å². The van der Waals surface area contributed by atoms with Crippen LogP contribution in [0, 0.1) is 0 Å². The molecule has 9 heteroatoms. The molecule has 0 radical (unpaired) electrons. The molecule has 0 saturated carbocycles. The van der Waals surface area contributed by atoms with E-state index in [1.54, 1.807) is 0 Å². The summed E-state index contributed by atoms with van der Waals surface area (Å²) in [6.45, 7) is 0.976.